The molecule has 31 heavy (non-hydrogen) atoms. The van der Waals surface area contributed by atoms with Crippen molar-refractivity contribution in [2.75, 3.05) is 0 Å². The molecule has 1 aliphatic rings. The molecule has 0 unspecified atom stereocenters. The Bertz CT molecular complexity index is 1110. The fourth-order valence-corrected chi connectivity index (χ4v) is 5.01. The summed E-state index contributed by atoms with van der Waals surface area (Å²) >= 11 is 13.2. The number of benzene rings is 2. The molecular weight excluding hydrogens is 455 g/mol. The lowest BCUT2D eigenvalue weighted by Gasteiger charge is -2.15. The molecule has 2 aromatic carbocycles. The normalized spacial score (nSPS) is 16.1. The summed E-state index contributed by atoms with van der Waals surface area (Å²) in [6.45, 7) is 0.499. The average Bonchev–Trinajstić information content (AvgIpc) is 3.02. The van der Waals surface area contributed by atoms with Crippen molar-refractivity contribution in [1.29, 1.82) is 0 Å². The van der Waals surface area contributed by atoms with E-state index in [1.165, 1.54) is 17.8 Å². The second-order valence-corrected chi connectivity index (χ2v) is 9.25. The number of carbonyl (C=O) groups is 1. The van der Waals surface area contributed by atoms with Crippen molar-refractivity contribution in [2.45, 2.75) is 24.8 Å². The standard InChI is InChI=1S/C23H18ClFN2O2S2/c24-18-10-15(7-8-20(18)29-14-17-5-1-2-6-19(17)25)11-21-22(28)27(23(30)31-21)13-16-4-3-9-26-12-16/h1-10,12,21H,11,13-14H2/t21-/m0/s1. The van der Waals surface area contributed by atoms with E-state index >= 15 is 0 Å². The third kappa shape index (κ3) is 5.23. The Morgan fingerprint density at radius 3 is 2.74 bits per heavy atom. The van der Waals surface area contributed by atoms with Crippen LogP contribution in [0.4, 0.5) is 4.39 Å². The average molecular weight is 473 g/mol. The van der Waals surface area contributed by atoms with Gasteiger partial charge in [-0.2, -0.15) is 0 Å². The summed E-state index contributed by atoms with van der Waals surface area (Å²) in [6.07, 6.45) is 3.92. The summed E-state index contributed by atoms with van der Waals surface area (Å²) in [5.41, 5.74) is 2.29. The molecule has 1 aromatic heterocycles. The van der Waals surface area contributed by atoms with Gasteiger partial charge in [0.05, 0.1) is 16.8 Å². The molecule has 0 spiro atoms. The van der Waals surface area contributed by atoms with Crippen LogP contribution in [0.3, 0.4) is 0 Å². The Kier molecular flexibility index (Phi) is 6.85. The first-order chi connectivity index (χ1) is 15.0. The molecular formula is C23H18ClFN2O2S2. The lowest BCUT2D eigenvalue weighted by Crippen LogP contribution is -2.31. The highest BCUT2D eigenvalue weighted by atomic mass is 35.5. The lowest BCUT2D eigenvalue weighted by molar-refractivity contribution is -0.126. The van der Waals surface area contributed by atoms with Crippen LogP contribution >= 0.6 is 35.6 Å². The minimum absolute atomic E-state index is 0.0187. The van der Waals surface area contributed by atoms with Gasteiger partial charge in [-0.1, -0.05) is 65.9 Å². The van der Waals surface area contributed by atoms with Gasteiger partial charge in [-0.3, -0.25) is 14.7 Å². The van der Waals surface area contributed by atoms with Crippen LogP contribution in [-0.4, -0.2) is 25.4 Å². The number of nitrogens with zero attached hydrogens (tertiary/aromatic N) is 2. The third-order valence-corrected chi connectivity index (χ3v) is 6.71. The second-order valence-electron chi connectivity index (χ2n) is 7.01. The molecule has 4 rings (SSSR count). The molecule has 1 aliphatic heterocycles. The number of carbonyl (C=O) groups excluding carboxylic acids is 1. The highest BCUT2D eigenvalue weighted by molar-refractivity contribution is 8.24. The van der Waals surface area contributed by atoms with E-state index in [0.717, 1.165) is 11.1 Å². The topological polar surface area (TPSA) is 42.4 Å². The molecule has 4 nitrogen and oxygen atoms in total. The molecule has 1 atom stereocenters. The van der Waals surface area contributed by atoms with Gasteiger partial charge in [0.15, 0.2) is 0 Å². The summed E-state index contributed by atoms with van der Waals surface area (Å²) in [7, 11) is 0. The Morgan fingerprint density at radius 2 is 2.00 bits per heavy atom. The number of thiocarbonyl (C=S) groups is 1. The first kappa shape index (κ1) is 21.7. The zero-order chi connectivity index (χ0) is 21.8. The van der Waals surface area contributed by atoms with Crippen molar-refractivity contribution in [3.63, 3.8) is 0 Å². The first-order valence-electron chi connectivity index (χ1n) is 9.57. The van der Waals surface area contributed by atoms with E-state index in [1.54, 1.807) is 47.6 Å². The molecule has 1 amide bonds. The molecule has 2 heterocycles. The van der Waals surface area contributed by atoms with Gasteiger partial charge in [0.1, 0.15) is 22.5 Å². The van der Waals surface area contributed by atoms with E-state index < -0.39 is 0 Å². The molecule has 8 heteroatoms. The highest BCUT2D eigenvalue weighted by Gasteiger charge is 2.36. The van der Waals surface area contributed by atoms with Gasteiger partial charge in [0.25, 0.3) is 0 Å². The monoisotopic (exact) mass is 472 g/mol. The van der Waals surface area contributed by atoms with E-state index in [9.17, 15) is 9.18 Å². The minimum atomic E-state index is -0.321. The summed E-state index contributed by atoms with van der Waals surface area (Å²) in [6, 6.07) is 15.6. The van der Waals surface area contributed by atoms with Gasteiger partial charge >= 0.3 is 0 Å². The number of amides is 1. The highest BCUT2D eigenvalue weighted by Crippen LogP contribution is 2.33. The quantitative estimate of drug-likeness (QED) is 0.429. The maximum Gasteiger partial charge on any atom is 0.242 e. The molecule has 1 saturated heterocycles. The van der Waals surface area contributed by atoms with Gasteiger partial charge in [-0.25, -0.2) is 4.39 Å². The van der Waals surface area contributed by atoms with Crippen LogP contribution in [0, 0.1) is 5.82 Å². The van der Waals surface area contributed by atoms with Gasteiger partial charge in [0, 0.05) is 18.0 Å². The molecule has 3 aromatic rings. The number of halogens is 2. The fraction of sp³-hybridized carbons (Fsp3) is 0.174. The molecule has 0 saturated carbocycles. The van der Waals surface area contributed by atoms with Crippen LogP contribution in [0.15, 0.2) is 67.0 Å². The first-order valence-corrected chi connectivity index (χ1v) is 11.2. The van der Waals surface area contributed by atoms with E-state index in [0.29, 0.717) is 33.6 Å². The smallest absolute Gasteiger partial charge is 0.242 e. The number of aromatic nitrogens is 1. The van der Waals surface area contributed by atoms with Crippen LogP contribution in [0.5, 0.6) is 5.75 Å². The molecule has 158 valence electrons. The van der Waals surface area contributed by atoms with Crippen LogP contribution in [0.1, 0.15) is 16.7 Å². The predicted molar refractivity (Wildman–Crippen MR) is 125 cm³/mol. The van der Waals surface area contributed by atoms with E-state index in [2.05, 4.69) is 4.98 Å². The fourth-order valence-electron chi connectivity index (χ4n) is 3.22. The molecule has 0 aliphatic carbocycles. The van der Waals surface area contributed by atoms with Gasteiger partial charge in [0.2, 0.25) is 5.91 Å². The molecule has 1 fully saturated rings. The number of hydrogen-bond donors (Lipinski definition) is 0. The molecule has 0 radical (unpaired) electrons. The third-order valence-electron chi connectivity index (χ3n) is 4.83. The summed E-state index contributed by atoms with van der Waals surface area (Å²) in [5, 5.41) is 0.115. The number of ether oxygens (including phenoxy) is 1. The maximum atomic E-state index is 13.8. The second kappa shape index (κ2) is 9.77. The van der Waals surface area contributed by atoms with Gasteiger partial charge < -0.3 is 4.74 Å². The van der Waals surface area contributed by atoms with E-state index in [1.807, 2.05) is 18.2 Å². The van der Waals surface area contributed by atoms with Crippen LogP contribution < -0.4 is 4.74 Å². The van der Waals surface area contributed by atoms with Crippen molar-refractivity contribution in [3.05, 3.63) is 94.5 Å². The maximum absolute atomic E-state index is 13.8. The van der Waals surface area contributed by atoms with Crippen molar-refractivity contribution in [2.24, 2.45) is 0 Å². The van der Waals surface area contributed by atoms with Crippen LogP contribution in [0.25, 0.3) is 0 Å². The SMILES string of the molecule is O=C1[C@H](Cc2ccc(OCc3ccccc3F)c(Cl)c2)SC(=S)N1Cc1cccnc1. The summed E-state index contributed by atoms with van der Waals surface area (Å²) in [4.78, 5) is 18.6. The number of hydrogen-bond acceptors (Lipinski definition) is 5. The number of thioether (sulfide) groups is 1. The number of rotatable bonds is 7. The van der Waals surface area contributed by atoms with Crippen LogP contribution in [0.2, 0.25) is 5.02 Å². The van der Waals surface area contributed by atoms with Crippen molar-refractivity contribution in [1.82, 2.24) is 9.88 Å². The largest absolute Gasteiger partial charge is 0.487 e. The Labute approximate surface area is 194 Å². The lowest BCUT2D eigenvalue weighted by atomic mass is 10.1. The van der Waals surface area contributed by atoms with Crippen molar-refractivity contribution in [3.8, 4) is 5.75 Å². The Hall–Kier alpha value is -2.48. The van der Waals surface area contributed by atoms with E-state index in [4.69, 9.17) is 28.6 Å². The van der Waals surface area contributed by atoms with Gasteiger partial charge in [-0.15, -0.1) is 0 Å². The van der Waals surface area contributed by atoms with Gasteiger partial charge in [-0.05, 0) is 41.8 Å². The molecule has 0 N–H and O–H groups in total. The van der Waals surface area contributed by atoms with Crippen molar-refractivity contribution >= 4 is 45.8 Å². The Morgan fingerprint density at radius 1 is 1.16 bits per heavy atom. The molecule has 0 bridgehead atoms. The van der Waals surface area contributed by atoms with E-state index in [-0.39, 0.29) is 23.6 Å². The zero-order valence-corrected chi connectivity index (χ0v) is 18.7. The van der Waals surface area contributed by atoms with Crippen molar-refractivity contribution < 1.29 is 13.9 Å². The predicted octanol–water partition coefficient (Wildman–Crippen LogP) is 5.42. The Balaban J connectivity index is 1.39. The minimum Gasteiger partial charge on any atom is -0.487 e. The summed E-state index contributed by atoms with van der Waals surface area (Å²) in [5.74, 6) is 0.126. The zero-order valence-electron chi connectivity index (χ0n) is 16.3. The number of pyridine rings is 1. The summed E-state index contributed by atoms with van der Waals surface area (Å²) < 4.78 is 20.0. The van der Waals surface area contributed by atoms with Crippen LogP contribution in [-0.2, 0) is 24.4 Å².